The van der Waals surface area contributed by atoms with E-state index in [2.05, 4.69) is 13.0 Å². The lowest BCUT2D eigenvalue weighted by Crippen LogP contribution is -2.25. The van der Waals surface area contributed by atoms with E-state index in [0.717, 1.165) is 30.1 Å². The van der Waals surface area contributed by atoms with Gasteiger partial charge in [0, 0.05) is 6.08 Å². The highest BCUT2D eigenvalue weighted by Gasteiger charge is 2.30. The van der Waals surface area contributed by atoms with Gasteiger partial charge in [-0.15, -0.1) is 0 Å². The van der Waals surface area contributed by atoms with E-state index in [1.54, 1.807) is 6.08 Å². The number of unbranched alkanes of at least 4 members (excludes halogenated alkanes) is 1. The number of nitrogens with zero attached hydrogens (tertiary/aromatic N) is 1. The predicted octanol–water partition coefficient (Wildman–Crippen LogP) is 6.65. The van der Waals surface area contributed by atoms with Crippen molar-refractivity contribution in [1.29, 1.82) is 5.26 Å². The molecule has 2 aliphatic rings. The smallest absolute Gasteiger partial charge is 0.0908 e. The minimum absolute atomic E-state index is 0.931. The first-order valence-corrected chi connectivity index (χ1v) is 9.88. The van der Waals surface area contributed by atoms with E-state index >= 15 is 0 Å². The van der Waals surface area contributed by atoms with Crippen molar-refractivity contribution >= 4 is 0 Å². The van der Waals surface area contributed by atoms with Gasteiger partial charge >= 0.3 is 0 Å². The van der Waals surface area contributed by atoms with Gasteiger partial charge in [-0.3, -0.25) is 0 Å². The highest BCUT2D eigenvalue weighted by molar-refractivity contribution is 5.01. The minimum Gasteiger partial charge on any atom is -0.193 e. The summed E-state index contributed by atoms with van der Waals surface area (Å²) in [5, 5.41) is 8.51. The Morgan fingerprint density at radius 2 is 1.41 bits per heavy atom. The molecule has 1 heteroatoms. The molecule has 0 aromatic carbocycles. The fourth-order valence-corrected chi connectivity index (χ4v) is 4.86. The molecule has 0 amide bonds. The Hall–Kier alpha value is -0.770. The zero-order valence-corrected chi connectivity index (χ0v) is 14.6. The van der Waals surface area contributed by atoms with Crippen molar-refractivity contribution in [2.45, 2.75) is 90.4 Å². The summed E-state index contributed by atoms with van der Waals surface area (Å²) in [6.45, 7) is 2.32. The van der Waals surface area contributed by atoms with Gasteiger partial charge < -0.3 is 0 Å². The molecule has 22 heavy (non-hydrogen) atoms. The molecule has 1 nitrogen and oxygen atoms in total. The summed E-state index contributed by atoms with van der Waals surface area (Å²) in [7, 11) is 0. The van der Waals surface area contributed by atoms with E-state index in [-0.39, 0.29) is 0 Å². The van der Waals surface area contributed by atoms with E-state index < -0.39 is 0 Å². The van der Waals surface area contributed by atoms with Gasteiger partial charge in [-0.05, 0) is 62.2 Å². The van der Waals surface area contributed by atoms with Crippen LogP contribution in [0.4, 0.5) is 0 Å². The van der Waals surface area contributed by atoms with Crippen LogP contribution in [0.25, 0.3) is 0 Å². The molecule has 0 radical (unpaired) electrons. The second kappa shape index (κ2) is 10.1. The van der Waals surface area contributed by atoms with Crippen molar-refractivity contribution < 1.29 is 0 Å². The van der Waals surface area contributed by atoms with Crippen molar-refractivity contribution in [3.8, 4) is 6.07 Å². The van der Waals surface area contributed by atoms with Crippen molar-refractivity contribution in [2.75, 3.05) is 0 Å². The number of hydrogen-bond acceptors (Lipinski definition) is 1. The molecule has 2 saturated carbocycles. The lowest BCUT2D eigenvalue weighted by molar-refractivity contribution is 0.141. The van der Waals surface area contributed by atoms with Crippen LogP contribution in [0.2, 0.25) is 0 Å². The molecule has 0 unspecified atom stereocenters. The number of hydrogen-bond donors (Lipinski definition) is 0. The van der Waals surface area contributed by atoms with Crippen LogP contribution < -0.4 is 0 Å². The van der Waals surface area contributed by atoms with Crippen LogP contribution >= 0.6 is 0 Å². The molecule has 0 saturated heterocycles. The lowest BCUT2D eigenvalue weighted by Gasteiger charge is -2.38. The van der Waals surface area contributed by atoms with Gasteiger partial charge in [-0.1, -0.05) is 57.9 Å². The highest BCUT2D eigenvalue weighted by atomic mass is 14.4. The van der Waals surface area contributed by atoms with Crippen LogP contribution in [0.3, 0.4) is 0 Å². The van der Waals surface area contributed by atoms with Gasteiger partial charge in [-0.2, -0.15) is 5.26 Å². The minimum atomic E-state index is 0.931. The molecular formula is C21H35N. The van der Waals surface area contributed by atoms with Crippen LogP contribution in [-0.4, -0.2) is 0 Å². The quantitative estimate of drug-likeness (QED) is 0.483. The second-order valence-corrected chi connectivity index (χ2v) is 7.81. The average molecular weight is 302 g/mol. The molecule has 0 spiro atoms. The normalized spacial score (nSPS) is 32.9. The Morgan fingerprint density at radius 1 is 0.864 bits per heavy atom. The monoisotopic (exact) mass is 301 g/mol. The first-order chi connectivity index (χ1) is 10.8. The fraction of sp³-hybridized carbons (Fsp3) is 0.857. The molecule has 0 N–H and O–H groups in total. The number of nitriles is 1. The summed E-state index contributed by atoms with van der Waals surface area (Å²) >= 11 is 0. The third-order valence-electron chi connectivity index (χ3n) is 6.35. The van der Waals surface area contributed by atoms with E-state index in [0.29, 0.717) is 0 Å². The van der Waals surface area contributed by atoms with Gasteiger partial charge in [0.25, 0.3) is 0 Å². The summed E-state index contributed by atoms with van der Waals surface area (Å²) in [6, 6.07) is 2.09. The molecule has 2 fully saturated rings. The molecule has 0 bridgehead atoms. The Labute approximate surface area is 138 Å². The van der Waals surface area contributed by atoms with Crippen molar-refractivity contribution in [2.24, 2.45) is 23.7 Å². The van der Waals surface area contributed by atoms with Crippen molar-refractivity contribution in [3.63, 3.8) is 0 Å². The highest BCUT2D eigenvalue weighted by Crippen LogP contribution is 2.43. The zero-order chi connectivity index (χ0) is 15.6. The maximum atomic E-state index is 8.51. The zero-order valence-electron chi connectivity index (χ0n) is 14.6. The SMILES string of the molecule is CCCCC1CCC(C2CCC(CCC=CC#N)CC2)CC1. The maximum Gasteiger partial charge on any atom is 0.0908 e. The third kappa shape index (κ3) is 5.79. The third-order valence-corrected chi connectivity index (χ3v) is 6.35. The summed E-state index contributed by atoms with van der Waals surface area (Å²) in [4.78, 5) is 0. The van der Waals surface area contributed by atoms with Gasteiger partial charge in [0.05, 0.1) is 6.07 Å². The van der Waals surface area contributed by atoms with Crippen LogP contribution in [0.5, 0.6) is 0 Å². The van der Waals surface area contributed by atoms with E-state index in [4.69, 9.17) is 5.26 Å². The Kier molecular flexibility index (Phi) is 8.06. The van der Waals surface area contributed by atoms with Gasteiger partial charge in [-0.25, -0.2) is 0 Å². The average Bonchev–Trinajstić information content (AvgIpc) is 2.58. The van der Waals surface area contributed by atoms with Crippen LogP contribution in [0.15, 0.2) is 12.2 Å². The van der Waals surface area contributed by atoms with Crippen LogP contribution in [0.1, 0.15) is 90.4 Å². The largest absolute Gasteiger partial charge is 0.193 e. The molecule has 0 aromatic rings. The Bertz CT molecular complexity index is 349. The lowest BCUT2D eigenvalue weighted by atomic mass is 9.68. The number of rotatable bonds is 7. The van der Waals surface area contributed by atoms with E-state index in [9.17, 15) is 0 Å². The first kappa shape index (κ1) is 17.6. The van der Waals surface area contributed by atoms with Crippen LogP contribution in [-0.2, 0) is 0 Å². The van der Waals surface area contributed by atoms with E-state index in [1.165, 1.54) is 77.0 Å². The van der Waals surface area contributed by atoms with E-state index in [1.807, 2.05) is 6.08 Å². The first-order valence-electron chi connectivity index (χ1n) is 9.88. The van der Waals surface area contributed by atoms with Gasteiger partial charge in [0.15, 0.2) is 0 Å². The maximum absolute atomic E-state index is 8.51. The predicted molar refractivity (Wildman–Crippen MR) is 94.4 cm³/mol. The van der Waals surface area contributed by atoms with Crippen molar-refractivity contribution in [3.05, 3.63) is 12.2 Å². The number of allylic oxidation sites excluding steroid dienone is 2. The van der Waals surface area contributed by atoms with Crippen molar-refractivity contribution in [1.82, 2.24) is 0 Å². The topological polar surface area (TPSA) is 23.8 Å². The summed E-state index contributed by atoms with van der Waals surface area (Å²) < 4.78 is 0. The molecule has 0 atom stereocenters. The standard InChI is InChI=1S/C21H35N/c1-2-3-7-18-9-13-20(14-10-18)21-15-11-19(12-16-21)8-5-4-6-17-22/h4,6,18-21H,2-3,5,7-16H2,1H3. The molecule has 0 heterocycles. The summed E-state index contributed by atoms with van der Waals surface area (Å²) in [5.41, 5.74) is 0. The Morgan fingerprint density at radius 3 is 1.91 bits per heavy atom. The molecule has 0 aliphatic heterocycles. The molecule has 2 rings (SSSR count). The molecular weight excluding hydrogens is 266 g/mol. The fourth-order valence-electron chi connectivity index (χ4n) is 4.86. The summed E-state index contributed by atoms with van der Waals surface area (Å²) in [5.74, 6) is 4.08. The Balaban J connectivity index is 1.61. The second-order valence-electron chi connectivity index (χ2n) is 7.81. The van der Waals surface area contributed by atoms with Crippen LogP contribution in [0, 0.1) is 35.0 Å². The summed E-state index contributed by atoms with van der Waals surface area (Å²) in [6.07, 6.45) is 22.3. The molecule has 2 aliphatic carbocycles. The molecule has 124 valence electrons. The molecule has 0 aromatic heterocycles. The van der Waals surface area contributed by atoms with Gasteiger partial charge in [0.1, 0.15) is 0 Å². The van der Waals surface area contributed by atoms with Gasteiger partial charge in [0.2, 0.25) is 0 Å².